The van der Waals surface area contributed by atoms with E-state index in [0.717, 1.165) is 22.6 Å². The average molecular weight is 275 g/mol. The van der Waals surface area contributed by atoms with Gasteiger partial charge in [-0.15, -0.1) is 0 Å². The van der Waals surface area contributed by atoms with Gasteiger partial charge in [-0.05, 0) is 12.1 Å². The fourth-order valence-corrected chi connectivity index (χ4v) is 3.49. The van der Waals surface area contributed by atoms with Crippen LogP contribution in [0.2, 0.25) is 0 Å². The van der Waals surface area contributed by atoms with Gasteiger partial charge in [0, 0.05) is 12.4 Å². The van der Waals surface area contributed by atoms with E-state index in [1.165, 1.54) is 0 Å². The summed E-state index contributed by atoms with van der Waals surface area (Å²) in [7, 11) is 0.739. The zero-order valence-corrected chi connectivity index (χ0v) is 12.1. The molecule has 0 bridgehead atoms. The zero-order valence-electron chi connectivity index (χ0n) is 10.4. The lowest BCUT2D eigenvalue weighted by Gasteiger charge is -2.27. The van der Waals surface area contributed by atoms with Crippen LogP contribution in [-0.4, -0.2) is 19.1 Å². The second kappa shape index (κ2) is 4.55. The van der Waals surface area contributed by atoms with Crippen LogP contribution in [0.4, 0.5) is 0 Å². The molecule has 1 heterocycles. The molecule has 0 radical (unpaired) electrons. The van der Waals surface area contributed by atoms with Crippen LogP contribution in [0.5, 0.6) is 17.2 Å². The van der Waals surface area contributed by atoms with Crippen molar-refractivity contribution in [3.63, 3.8) is 0 Å². The van der Waals surface area contributed by atoms with Gasteiger partial charge >= 0.3 is 0 Å². The third-order valence-corrected chi connectivity index (χ3v) is 6.50. The maximum absolute atomic E-state index is 6.60. The molecule has 0 fully saturated rings. The van der Waals surface area contributed by atoms with E-state index >= 15 is 0 Å². The van der Waals surface area contributed by atoms with Crippen molar-refractivity contribution in [1.29, 1.82) is 0 Å². The van der Waals surface area contributed by atoms with Crippen LogP contribution in [0.1, 0.15) is 20.8 Å². The van der Waals surface area contributed by atoms with Crippen molar-refractivity contribution in [2.45, 2.75) is 25.9 Å². The van der Waals surface area contributed by atoms with Gasteiger partial charge < -0.3 is 14.2 Å². The fraction of sp³-hybridized carbons (Fsp3) is 0.500. The Morgan fingerprint density at radius 2 is 2.00 bits per heavy atom. The Morgan fingerprint density at radius 3 is 2.59 bits per heavy atom. The number of methoxy groups -OCH3 is 1. The normalized spacial score (nSPS) is 15.8. The standard InChI is InChI=1S/C12H16ClO3P/c1-12(2,3)17(13)11-9(14-4)6-5-8-10(11)16-7-15-8/h5-6H,7H2,1-4H3. The minimum atomic E-state index is -0.904. The number of rotatable bonds is 2. The van der Waals surface area contributed by atoms with Crippen molar-refractivity contribution in [2.75, 3.05) is 13.9 Å². The van der Waals surface area contributed by atoms with E-state index < -0.39 is 7.27 Å². The first-order valence-electron chi connectivity index (χ1n) is 5.37. The molecular formula is C12H16ClO3P. The Labute approximate surface area is 108 Å². The molecule has 1 aliphatic heterocycles. The van der Waals surface area contributed by atoms with Crippen molar-refractivity contribution < 1.29 is 14.2 Å². The van der Waals surface area contributed by atoms with E-state index in [2.05, 4.69) is 20.8 Å². The molecule has 1 aliphatic rings. The lowest BCUT2D eigenvalue weighted by molar-refractivity contribution is 0.174. The Bertz CT molecular complexity index is 428. The Hall–Kier alpha value is -0.660. The quantitative estimate of drug-likeness (QED) is 0.773. The fourth-order valence-electron chi connectivity index (χ4n) is 1.63. The molecule has 0 saturated heterocycles. The third-order valence-electron chi connectivity index (χ3n) is 2.48. The van der Waals surface area contributed by atoms with Gasteiger partial charge in [0.25, 0.3) is 0 Å². The van der Waals surface area contributed by atoms with Gasteiger partial charge in [-0.25, -0.2) is 0 Å². The summed E-state index contributed by atoms with van der Waals surface area (Å²) in [4.78, 5) is 0. The number of ether oxygens (including phenoxy) is 3. The molecule has 0 N–H and O–H groups in total. The van der Waals surface area contributed by atoms with Crippen molar-refractivity contribution >= 4 is 23.8 Å². The highest BCUT2D eigenvalue weighted by atomic mass is 35.7. The first-order valence-corrected chi connectivity index (χ1v) is 7.62. The molecule has 5 heteroatoms. The molecule has 1 atom stereocenters. The van der Waals surface area contributed by atoms with Crippen molar-refractivity contribution in [1.82, 2.24) is 0 Å². The molecule has 0 spiro atoms. The minimum Gasteiger partial charge on any atom is -0.496 e. The molecule has 3 nitrogen and oxygen atoms in total. The van der Waals surface area contributed by atoms with Crippen molar-refractivity contribution in [3.05, 3.63) is 12.1 Å². The van der Waals surface area contributed by atoms with E-state index in [9.17, 15) is 0 Å². The van der Waals surface area contributed by atoms with Gasteiger partial charge in [-0.2, -0.15) is 0 Å². The predicted molar refractivity (Wildman–Crippen MR) is 71.3 cm³/mol. The van der Waals surface area contributed by atoms with Crippen molar-refractivity contribution in [3.8, 4) is 17.2 Å². The maximum Gasteiger partial charge on any atom is 0.231 e. The number of halogens is 1. The zero-order chi connectivity index (χ0) is 12.6. The predicted octanol–water partition coefficient (Wildman–Crippen LogP) is 3.48. The number of hydrogen-bond acceptors (Lipinski definition) is 3. The van der Waals surface area contributed by atoms with Crippen LogP contribution >= 0.6 is 18.5 Å². The summed E-state index contributed by atoms with van der Waals surface area (Å²) >= 11 is 6.60. The van der Waals surface area contributed by atoms with Crippen LogP contribution in [0.25, 0.3) is 0 Å². The Morgan fingerprint density at radius 1 is 1.29 bits per heavy atom. The molecule has 2 rings (SSSR count). The molecule has 1 unspecified atom stereocenters. The van der Waals surface area contributed by atoms with E-state index in [4.69, 9.17) is 25.5 Å². The van der Waals surface area contributed by atoms with Crippen LogP contribution in [-0.2, 0) is 0 Å². The maximum atomic E-state index is 6.60. The molecule has 17 heavy (non-hydrogen) atoms. The lowest BCUT2D eigenvalue weighted by atomic mass is 10.2. The van der Waals surface area contributed by atoms with Gasteiger partial charge in [0.05, 0.1) is 12.4 Å². The SMILES string of the molecule is COc1ccc2c(c1P(Cl)C(C)(C)C)OCO2. The van der Waals surface area contributed by atoms with E-state index in [1.54, 1.807) is 7.11 Å². The van der Waals surface area contributed by atoms with Crippen LogP contribution < -0.4 is 19.5 Å². The number of fused-ring (bicyclic) bond motifs is 1. The largest absolute Gasteiger partial charge is 0.496 e. The first-order chi connectivity index (χ1) is 7.95. The van der Waals surface area contributed by atoms with Crippen LogP contribution in [0.15, 0.2) is 12.1 Å². The molecule has 1 aromatic carbocycles. The number of hydrogen-bond donors (Lipinski definition) is 0. The second-order valence-corrected chi connectivity index (χ2v) is 8.17. The second-order valence-electron chi connectivity index (χ2n) is 4.80. The summed E-state index contributed by atoms with van der Waals surface area (Å²) < 4.78 is 16.3. The highest BCUT2D eigenvalue weighted by Crippen LogP contribution is 2.58. The topological polar surface area (TPSA) is 27.7 Å². The van der Waals surface area contributed by atoms with Gasteiger partial charge in [0.1, 0.15) is 5.75 Å². The van der Waals surface area contributed by atoms with E-state index in [0.29, 0.717) is 0 Å². The van der Waals surface area contributed by atoms with Gasteiger partial charge in [0.2, 0.25) is 6.79 Å². The highest BCUT2D eigenvalue weighted by Gasteiger charge is 2.33. The molecule has 0 amide bonds. The molecule has 0 saturated carbocycles. The van der Waals surface area contributed by atoms with E-state index in [1.807, 2.05) is 12.1 Å². The first kappa shape index (κ1) is 12.8. The Balaban J connectivity index is 2.54. The lowest BCUT2D eigenvalue weighted by Crippen LogP contribution is -2.18. The molecule has 0 aromatic heterocycles. The molecule has 94 valence electrons. The summed E-state index contributed by atoms with van der Waals surface area (Å²) in [5.74, 6) is 2.25. The minimum absolute atomic E-state index is 0.0226. The van der Waals surface area contributed by atoms with Gasteiger partial charge in [-0.3, -0.25) is 0 Å². The summed E-state index contributed by atoms with van der Waals surface area (Å²) in [6, 6.07) is 3.74. The summed E-state index contributed by atoms with van der Waals surface area (Å²) in [5, 5.41) is 0.914. The highest BCUT2D eigenvalue weighted by molar-refractivity contribution is 7.91. The Kier molecular flexibility index (Phi) is 3.42. The summed E-state index contributed by atoms with van der Waals surface area (Å²) in [6.45, 7) is 6.58. The monoisotopic (exact) mass is 274 g/mol. The molecule has 1 aromatic rings. The third kappa shape index (κ3) is 2.31. The van der Waals surface area contributed by atoms with Crippen LogP contribution in [0.3, 0.4) is 0 Å². The van der Waals surface area contributed by atoms with Gasteiger partial charge in [0.15, 0.2) is 11.5 Å². The summed E-state index contributed by atoms with van der Waals surface area (Å²) in [6.07, 6.45) is 0. The average Bonchev–Trinajstić information content (AvgIpc) is 2.73. The molecular weight excluding hydrogens is 259 g/mol. The van der Waals surface area contributed by atoms with Crippen molar-refractivity contribution in [2.24, 2.45) is 0 Å². The van der Waals surface area contributed by atoms with Crippen LogP contribution in [0, 0.1) is 0 Å². The smallest absolute Gasteiger partial charge is 0.231 e. The molecule has 0 aliphatic carbocycles. The number of benzene rings is 1. The van der Waals surface area contributed by atoms with E-state index in [-0.39, 0.29) is 11.9 Å². The summed E-state index contributed by atoms with van der Waals surface area (Å²) in [5.41, 5.74) is 0. The van der Waals surface area contributed by atoms with Gasteiger partial charge in [-0.1, -0.05) is 32.0 Å².